The minimum Gasteiger partial charge on any atom is -0.412 e. The van der Waals surface area contributed by atoms with E-state index in [9.17, 15) is 17.6 Å². The van der Waals surface area contributed by atoms with Crippen LogP contribution in [0.1, 0.15) is 65.2 Å². The summed E-state index contributed by atoms with van der Waals surface area (Å²) in [7, 11) is 0. The van der Waals surface area contributed by atoms with Crippen LogP contribution in [-0.4, -0.2) is 41.1 Å². The highest BCUT2D eigenvalue weighted by molar-refractivity contribution is 4.94. The molecule has 3 rings (SSSR count). The fourth-order valence-electron chi connectivity index (χ4n) is 5.64. The van der Waals surface area contributed by atoms with E-state index in [1.807, 2.05) is 0 Å². The third kappa shape index (κ3) is 5.36. The third-order valence-electron chi connectivity index (χ3n) is 7.45. The number of rotatable bonds is 2. The first-order chi connectivity index (χ1) is 11.4. The zero-order chi connectivity index (χ0) is 17.4. The van der Waals surface area contributed by atoms with Crippen LogP contribution in [0.4, 0.5) is 17.6 Å². The highest BCUT2D eigenvalue weighted by atomic mass is 19.2. The first-order valence-electron chi connectivity index (χ1n) is 9.96. The summed E-state index contributed by atoms with van der Waals surface area (Å²) >= 11 is 0. The van der Waals surface area contributed by atoms with Gasteiger partial charge in [0, 0.05) is 0 Å². The lowest BCUT2D eigenvalue weighted by molar-refractivity contribution is -0.0282. The summed E-state index contributed by atoms with van der Waals surface area (Å²) in [5, 5.41) is 0. The van der Waals surface area contributed by atoms with Gasteiger partial charge in [0.25, 0.3) is 0 Å². The van der Waals surface area contributed by atoms with Crippen molar-refractivity contribution in [2.45, 2.75) is 89.9 Å². The number of hydrogen-bond donors (Lipinski definition) is 0. The molecule has 0 aliphatic heterocycles. The molecule has 0 bridgehead atoms. The molecule has 3 nitrogen and oxygen atoms in total. The van der Waals surface area contributed by atoms with Crippen LogP contribution in [0, 0.1) is 35.5 Å². The fourth-order valence-corrected chi connectivity index (χ4v) is 5.64. The minimum atomic E-state index is -1.34. The summed E-state index contributed by atoms with van der Waals surface area (Å²) in [6.45, 7) is 3.59. The van der Waals surface area contributed by atoms with Gasteiger partial charge in [0.2, 0.25) is 0 Å². The van der Waals surface area contributed by atoms with E-state index < -0.39 is 24.7 Å². The predicted octanol–water partition coefficient (Wildman–Crippen LogP) is 3.76. The van der Waals surface area contributed by atoms with Crippen molar-refractivity contribution in [1.29, 1.82) is 0 Å². The van der Waals surface area contributed by atoms with Crippen LogP contribution in [0.5, 0.6) is 0 Å². The lowest BCUT2D eigenvalue weighted by Crippen LogP contribution is -2.43. The fraction of sp³-hybridized carbons (Fsp3) is 1.00. The van der Waals surface area contributed by atoms with E-state index in [2.05, 4.69) is 0 Å². The highest BCUT2D eigenvalue weighted by Crippen LogP contribution is 2.48. The van der Waals surface area contributed by atoms with Gasteiger partial charge in [-0.2, -0.15) is 0 Å². The van der Waals surface area contributed by atoms with Gasteiger partial charge in [0.1, 0.15) is 24.7 Å². The Bertz CT molecular complexity index is 382. The summed E-state index contributed by atoms with van der Waals surface area (Å²) < 4.78 is 56.8. The molecule has 3 aliphatic rings. The Hall–Kier alpha value is -0.400. The van der Waals surface area contributed by atoms with Gasteiger partial charge < -0.3 is 16.4 Å². The van der Waals surface area contributed by atoms with E-state index in [1.54, 1.807) is 13.8 Å². The Balaban J connectivity index is 0.00000225. The van der Waals surface area contributed by atoms with Gasteiger partial charge in [-0.1, -0.05) is 13.8 Å². The first kappa shape index (κ1) is 26.6. The molecule has 7 heteroatoms. The molecule has 3 aliphatic carbocycles. The molecule has 0 saturated heterocycles. The lowest BCUT2D eigenvalue weighted by atomic mass is 9.64. The molecule has 0 radical (unpaired) electrons. The van der Waals surface area contributed by atoms with E-state index in [4.69, 9.17) is 0 Å². The molecule has 0 heterocycles. The van der Waals surface area contributed by atoms with E-state index in [0.717, 1.165) is 51.4 Å². The maximum absolute atomic E-state index is 14.4. The maximum atomic E-state index is 14.4. The van der Waals surface area contributed by atoms with Crippen LogP contribution >= 0.6 is 0 Å². The van der Waals surface area contributed by atoms with Crippen molar-refractivity contribution in [3.05, 3.63) is 0 Å². The topological polar surface area (TPSA) is 94.5 Å². The summed E-state index contributed by atoms with van der Waals surface area (Å²) in [6.07, 6.45) is 1.16. The van der Waals surface area contributed by atoms with Crippen LogP contribution in [0.15, 0.2) is 0 Å². The van der Waals surface area contributed by atoms with Crippen molar-refractivity contribution in [3.63, 3.8) is 0 Å². The largest absolute Gasteiger partial charge is 0.412 e. The Kier molecular flexibility index (Phi) is 10.8. The van der Waals surface area contributed by atoms with Crippen molar-refractivity contribution in [3.8, 4) is 0 Å². The smallest absolute Gasteiger partial charge is 0.134 e. The Morgan fingerprint density at radius 3 is 1.04 bits per heavy atom. The molecule has 0 spiro atoms. The standard InChI is InChI=1S/C20H32F4.3H2O/c1-11-3-9-15(19(23)17(11)21)13-5-7-14(8-6-13)16-10-4-12(2)18(22)20(16)24;;;/h11-20H,3-10H2,1-2H3;3*1H2. The van der Waals surface area contributed by atoms with Crippen LogP contribution in [0.3, 0.4) is 0 Å². The van der Waals surface area contributed by atoms with Crippen LogP contribution in [0.25, 0.3) is 0 Å². The van der Waals surface area contributed by atoms with Crippen LogP contribution in [0.2, 0.25) is 0 Å². The molecule has 8 atom stereocenters. The summed E-state index contributed by atoms with van der Waals surface area (Å²) in [5.74, 6) is -0.235. The molecule has 0 aromatic carbocycles. The molecule has 6 N–H and O–H groups in total. The Morgan fingerprint density at radius 2 is 0.741 bits per heavy atom. The molecule has 3 saturated carbocycles. The van der Waals surface area contributed by atoms with Crippen molar-refractivity contribution < 1.29 is 34.0 Å². The van der Waals surface area contributed by atoms with Gasteiger partial charge >= 0.3 is 0 Å². The van der Waals surface area contributed by atoms with E-state index in [-0.39, 0.29) is 51.9 Å². The number of halogens is 4. The first-order valence-corrected chi connectivity index (χ1v) is 9.96. The second-order valence-corrected chi connectivity index (χ2v) is 8.89. The average Bonchev–Trinajstić information content (AvgIpc) is 2.58. The number of hydrogen-bond acceptors (Lipinski definition) is 0. The zero-order valence-electron chi connectivity index (χ0n) is 16.4. The van der Waals surface area contributed by atoms with E-state index in [1.165, 1.54) is 0 Å². The molecular formula is C20H38F4O3. The lowest BCUT2D eigenvalue weighted by Gasteiger charge is -2.44. The molecular weight excluding hydrogens is 364 g/mol. The monoisotopic (exact) mass is 402 g/mol. The second-order valence-electron chi connectivity index (χ2n) is 8.89. The zero-order valence-corrected chi connectivity index (χ0v) is 16.4. The molecule has 0 aromatic rings. The molecule has 0 aromatic heterocycles. The van der Waals surface area contributed by atoms with Crippen LogP contribution in [-0.2, 0) is 0 Å². The van der Waals surface area contributed by atoms with Gasteiger partial charge in [0.15, 0.2) is 0 Å². The average molecular weight is 403 g/mol. The second kappa shape index (κ2) is 11.0. The molecule has 8 unspecified atom stereocenters. The van der Waals surface area contributed by atoms with Crippen molar-refractivity contribution in [1.82, 2.24) is 0 Å². The van der Waals surface area contributed by atoms with Crippen molar-refractivity contribution in [2.75, 3.05) is 0 Å². The van der Waals surface area contributed by atoms with Gasteiger partial charge in [-0.05, 0) is 86.9 Å². The quantitative estimate of drug-likeness (QED) is 0.629. The van der Waals surface area contributed by atoms with Gasteiger partial charge in [-0.25, -0.2) is 17.6 Å². The SMILES string of the molecule is CC1CCC(C2CCC(C3CCC(C)C(F)C3F)CC2)C(F)C1F.O.O.O. The van der Waals surface area contributed by atoms with E-state index in [0.29, 0.717) is 0 Å². The van der Waals surface area contributed by atoms with Crippen molar-refractivity contribution in [2.24, 2.45) is 35.5 Å². The number of alkyl halides is 4. The summed E-state index contributed by atoms with van der Waals surface area (Å²) in [6, 6.07) is 0. The molecule has 164 valence electrons. The minimum absolute atomic E-state index is 0. The van der Waals surface area contributed by atoms with Gasteiger partial charge in [-0.15, -0.1) is 0 Å². The normalized spacial score (nSPS) is 47.8. The summed E-state index contributed by atoms with van der Waals surface area (Å²) in [4.78, 5) is 0. The molecule has 27 heavy (non-hydrogen) atoms. The Morgan fingerprint density at radius 1 is 0.444 bits per heavy atom. The highest BCUT2D eigenvalue weighted by Gasteiger charge is 2.45. The molecule has 0 amide bonds. The maximum Gasteiger partial charge on any atom is 0.134 e. The predicted molar refractivity (Wildman–Crippen MR) is 99.6 cm³/mol. The van der Waals surface area contributed by atoms with E-state index >= 15 is 0 Å². The third-order valence-corrected chi connectivity index (χ3v) is 7.45. The van der Waals surface area contributed by atoms with Crippen LogP contribution < -0.4 is 0 Å². The molecule has 3 fully saturated rings. The van der Waals surface area contributed by atoms with Crippen molar-refractivity contribution >= 4 is 0 Å². The van der Waals surface area contributed by atoms with Gasteiger partial charge in [0.05, 0.1) is 0 Å². The Labute approximate surface area is 160 Å². The summed E-state index contributed by atoms with van der Waals surface area (Å²) in [5.41, 5.74) is 0. The van der Waals surface area contributed by atoms with Gasteiger partial charge in [-0.3, -0.25) is 0 Å².